The zero-order valence-electron chi connectivity index (χ0n) is 8.28. The fourth-order valence-corrected chi connectivity index (χ4v) is 2.66. The molecule has 1 atom stereocenters. The summed E-state index contributed by atoms with van der Waals surface area (Å²) in [4.78, 5) is 11.5. The molecule has 1 heterocycles. The molecular formula is C11H13NOS. The van der Waals surface area contributed by atoms with E-state index in [0.29, 0.717) is 0 Å². The summed E-state index contributed by atoms with van der Waals surface area (Å²) in [5.74, 6) is 0.122. The quantitative estimate of drug-likeness (QED) is 0.765. The minimum absolute atomic E-state index is 0.110. The average Bonchev–Trinajstić information content (AvgIpc) is 2.43. The Bertz CT molecular complexity index is 348. The highest BCUT2D eigenvalue weighted by Gasteiger charge is 2.40. The van der Waals surface area contributed by atoms with Crippen LogP contribution >= 0.6 is 11.8 Å². The molecule has 1 fully saturated rings. The summed E-state index contributed by atoms with van der Waals surface area (Å²) in [6.45, 7) is 3.91. The van der Waals surface area contributed by atoms with Gasteiger partial charge in [0.05, 0.1) is 4.75 Å². The first-order chi connectivity index (χ1) is 6.59. The summed E-state index contributed by atoms with van der Waals surface area (Å²) in [6, 6.07) is 10.1. The maximum Gasteiger partial charge on any atom is 0.236 e. The molecule has 0 aliphatic carbocycles. The third-order valence-electron chi connectivity index (χ3n) is 2.32. The van der Waals surface area contributed by atoms with E-state index >= 15 is 0 Å². The number of carbonyl (C=O) groups is 1. The molecule has 0 radical (unpaired) electrons. The molecule has 0 spiro atoms. The van der Waals surface area contributed by atoms with Gasteiger partial charge in [0.2, 0.25) is 5.91 Å². The molecule has 0 aromatic heterocycles. The second-order valence-electron chi connectivity index (χ2n) is 3.89. The minimum Gasteiger partial charge on any atom is -0.339 e. The lowest BCUT2D eigenvalue weighted by atomic mass is 10.2. The monoisotopic (exact) mass is 207 g/mol. The number of rotatable bonds is 1. The Balaban J connectivity index is 2.21. The second kappa shape index (κ2) is 3.31. The van der Waals surface area contributed by atoms with Crippen molar-refractivity contribution in [3.63, 3.8) is 0 Å². The molecule has 1 unspecified atom stereocenters. The number of thioether (sulfide) groups is 1. The van der Waals surface area contributed by atoms with Gasteiger partial charge in [-0.25, -0.2) is 0 Å². The normalized spacial score (nSPS) is 24.7. The van der Waals surface area contributed by atoms with Crippen molar-refractivity contribution in [1.29, 1.82) is 0 Å². The highest BCUT2D eigenvalue weighted by atomic mass is 32.2. The van der Waals surface area contributed by atoms with E-state index in [1.54, 1.807) is 11.8 Å². The molecule has 1 aromatic rings. The summed E-state index contributed by atoms with van der Waals surface area (Å²) in [5.41, 5.74) is 1.16. The fourth-order valence-electron chi connectivity index (χ4n) is 1.45. The van der Waals surface area contributed by atoms with Crippen molar-refractivity contribution in [1.82, 2.24) is 5.32 Å². The number of hydrogen-bond acceptors (Lipinski definition) is 2. The standard InChI is InChI=1S/C11H13NOS/c1-11(2)10(13)12-9(14-11)8-6-4-3-5-7-8/h3-7,9H,1-2H3,(H,12,13). The third-order valence-corrected chi connectivity index (χ3v) is 3.72. The molecule has 1 N–H and O–H groups in total. The number of nitrogens with one attached hydrogen (secondary N) is 1. The van der Waals surface area contributed by atoms with Crippen LogP contribution in [-0.4, -0.2) is 10.7 Å². The minimum atomic E-state index is -0.305. The van der Waals surface area contributed by atoms with Crippen LogP contribution < -0.4 is 5.32 Å². The van der Waals surface area contributed by atoms with Gasteiger partial charge in [-0.15, -0.1) is 11.8 Å². The van der Waals surface area contributed by atoms with Crippen LogP contribution in [0.25, 0.3) is 0 Å². The molecule has 1 aliphatic rings. The Morgan fingerprint density at radius 1 is 1.29 bits per heavy atom. The number of benzene rings is 1. The van der Waals surface area contributed by atoms with Crippen LogP contribution in [-0.2, 0) is 4.79 Å². The number of amides is 1. The number of carbonyl (C=O) groups excluding carboxylic acids is 1. The second-order valence-corrected chi connectivity index (χ2v) is 5.62. The lowest BCUT2D eigenvalue weighted by molar-refractivity contribution is -0.122. The van der Waals surface area contributed by atoms with Crippen LogP contribution in [0.4, 0.5) is 0 Å². The third kappa shape index (κ3) is 1.64. The molecule has 1 aliphatic heterocycles. The van der Waals surface area contributed by atoms with Gasteiger partial charge in [-0.05, 0) is 19.4 Å². The fraction of sp³-hybridized carbons (Fsp3) is 0.364. The molecule has 0 saturated carbocycles. The Morgan fingerprint density at radius 3 is 2.43 bits per heavy atom. The van der Waals surface area contributed by atoms with Gasteiger partial charge in [-0.2, -0.15) is 0 Å². The molecular weight excluding hydrogens is 194 g/mol. The highest BCUT2D eigenvalue weighted by Crippen LogP contribution is 2.42. The van der Waals surface area contributed by atoms with Crippen molar-refractivity contribution >= 4 is 17.7 Å². The van der Waals surface area contributed by atoms with Crippen molar-refractivity contribution in [3.8, 4) is 0 Å². The van der Waals surface area contributed by atoms with Crippen molar-refractivity contribution in [3.05, 3.63) is 35.9 Å². The van der Waals surface area contributed by atoms with Gasteiger partial charge < -0.3 is 5.32 Å². The van der Waals surface area contributed by atoms with E-state index < -0.39 is 0 Å². The van der Waals surface area contributed by atoms with E-state index in [1.165, 1.54) is 0 Å². The van der Waals surface area contributed by atoms with E-state index in [-0.39, 0.29) is 16.0 Å². The predicted octanol–water partition coefficient (Wildman–Crippen LogP) is 2.33. The zero-order chi connectivity index (χ0) is 10.2. The smallest absolute Gasteiger partial charge is 0.236 e. The Labute approximate surface area is 88.1 Å². The summed E-state index contributed by atoms with van der Waals surface area (Å²) >= 11 is 1.67. The van der Waals surface area contributed by atoms with Crippen LogP contribution in [0, 0.1) is 0 Å². The summed E-state index contributed by atoms with van der Waals surface area (Å²) in [5, 5.41) is 3.09. The van der Waals surface area contributed by atoms with Gasteiger partial charge >= 0.3 is 0 Å². The van der Waals surface area contributed by atoms with E-state index in [2.05, 4.69) is 5.32 Å². The van der Waals surface area contributed by atoms with Crippen molar-refractivity contribution in [2.24, 2.45) is 0 Å². The molecule has 1 aromatic carbocycles. The molecule has 14 heavy (non-hydrogen) atoms. The van der Waals surface area contributed by atoms with Gasteiger partial charge in [0.25, 0.3) is 0 Å². The predicted molar refractivity (Wildman–Crippen MR) is 59.0 cm³/mol. The van der Waals surface area contributed by atoms with Gasteiger partial charge in [0.15, 0.2) is 0 Å². The highest BCUT2D eigenvalue weighted by molar-refractivity contribution is 8.02. The van der Waals surface area contributed by atoms with E-state index in [1.807, 2.05) is 44.2 Å². The first-order valence-corrected chi connectivity index (χ1v) is 5.51. The largest absolute Gasteiger partial charge is 0.339 e. The van der Waals surface area contributed by atoms with Crippen molar-refractivity contribution in [2.45, 2.75) is 24.0 Å². The lowest BCUT2D eigenvalue weighted by Gasteiger charge is -2.12. The van der Waals surface area contributed by atoms with Gasteiger partial charge in [-0.1, -0.05) is 30.3 Å². The summed E-state index contributed by atoms with van der Waals surface area (Å²) < 4.78 is -0.305. The van der Waals surface area contributed by atoms with Crippen LogP contribution in [0.15, 0.2) is 30.3 Å². The van der Waals surface area contributed by atoms with Crippen molar-refractivity contribution in [2.75, 3.05) is 0 Å². The van der Waals surface area contributed by atoms with Gasteiger partial charge in [0, 0.05) is 0 Å². The maximum absolute atomic E-state index is 11.5. The van der Waals surface area contributed by atoms with Crippen molar-refractivity contribution < 1.29 is 4.79 Å². The molecule has 74 valence electrons. The molecule has 2 nitrogen and oxygen atoms in total. The first kappa shape index (κ1) is 9.59. The molecule has 2 rings (SSSR count). The molecule has 0 bridgehead atoms. The van der Waals surface area contributed by atoms with Crippen LogP contribution in [0.1, 0.15) is 24.8 Å². The van der Waals surface area contributed by atoms with Crippen LogP contribution in [0.3, 0.4) is 0 Å². The van der Waals surface area contributed by atoms with E-state index in [4.69, 9.17) is 0 Å². The van der Waals surface area contributed by atoms with E-state index in [9.17, 15) is 4.79 Å². The SMILES string of the molecule is CC1(C)SC(c2ccccc2)NC1=O. The zero-order valence-corrected chi connectivity index (χ0v) is 9.10. The average molecular weight is 207 g/mol. The van der Waals surface area contributed by atoms with E-state index in [0.717, 1.165) is 5.56 Å². The topological polar surface area (TPSA) is 29.1 Å². The van der Waals surface area contributed by atoms with Gasteiger partial charge in [-0.3, -0.25) is 4.79 Å². The molecule has 1 saturated heterocycles. The molecule has 3 heteroatoms. The Morgan fingerprint density at radius 2 is 1.93 bits per heavy atom. The van der Waals surface area contributed by atoms with Crippen LogP contribution in [0.5, 0.6) is 0 Å². The summed E-state index contributed by atoms with van der Waals surface area (Å²) in [7, 11) is 0. The Kier molecular flexibility index (Phi) is 2.27. The summed E-state index contributed by atoms with van der Waals surface area (Å²) in [6.07, 6.45) is 0. The Hall–Kier alpha value is -0.960. The lowest BCUT2D eigenvalue weighted by Crippen LogP contribution is -2.30. The maximum atomic E-state index is 11.5. The molecule has 1 amide bonds. The first-order valence-electron chi connectivity index (χ1n) is 4.63. The van der Waals surface area contributed by atoms with Gasteiger partial charge in [0.1, 0.15) is 5.37 Å². The van der Waals surface area contributed by atoms with Crippen LogP contribution in [0.2, 0.25) is 0 Å². The number of hydrogen-bond donors (Lipinski definition) is 1.